The van der Waals surface area contributed by atoms with Crippen molar-refractivity contribution in [3.8, 4) is 0 Å². The van der Waals surface area contributed by atoms with Crippen LogP contribution in [-0.2, 0) is 17.4 Å². The molecule has 0 saturated heterocycles. The van der Waals surface area contributed by atoms with Gasteiger partial charge in [0.1, 0.15) is 0 Å². The average Bonchev–Trinajstić information content (AvgIpc) is 2.70. The first-order valence-corrected chi connectivity index (χ1v) is 10.4. The van der Waals surface area contributed by atoms with Gasteiger partial charge in [0.2, 0.25) is 5.91 Å². The van der Waals surface area contributed by atoms with E-state index < -0.39 is 22.7 Å². The summed E-state index contributed by atoms with van der Waals surface area (Å²) in [7, 11) is 0. The first kappa shape index (κ1) is 22.9. The third-order valence-corrected chi connectivity index (χ3v) is 5.52. The molecule has 0 atom stereocenters. The van der Waals surface area contributed by atoms with Gasteiger partial charge in [-0.15, -0.1) is 0 Å². The van der Waals surface area contributed by atoms with Crippen molar-refractivity contribution in [2.75, 3.05) is 11.1 Å². The Labute approximate surface area is 185 Å². The zero-order valence-electron chi connectivity index (χ0n) is 16.2. The lowest BCUT2D eigenvalue weighted by Gasteiger charge is -2.12. The molecule has 1 amide bonds. The normalized spacial score (nSPS) is 11.4. The predicted octanol–water partition coefficient (Wildman–Crippen LogP) is 5.07. The molecule has 3 aromatic rings. The van der Waals surface area contributed by atoms with E-state index >= 15 is 0 Å². The minimum Gasteiger partial charge on any atom is -0.325 e. The summed E-state index contributed by atoms with van der Waals surface area (Å²) in [5.74, 6) is -0.696. The Morgan fingerprint density at radius 1 is 1.19 bits per heavy atom. The molecule has 1 aromatic heterocycles. The maximum atomic E-state index is 12.9. The Bertz CT molecular complexity index is 1150. The van der Waals surface area contributed by atoms with Gasteiger partial charge in [-0.25, -0.2) is 4.98 Å². The highest BCUT2D eigenvalue weighted by Crippen LogP contribution is 2.36. The monoisotopic (exact) mass is 467 g/mol. The maximum Gasteiger partial charge on any atom is 0.417 e. The number of aryl methyl sites for hydroxylation is 1. The molecule has 0 fully saturated rings. The lowest BCUT2D eigenvalue weighted by molar-refractivity contribution is -0.137. The number of rotatable bonds is 6. The molecule has 162 valence electrons. The van der Waals surface area contributed by atoms with Crippen molar-refractivity contribution in [1.82, 2.24) is 9.97 Å². The maximum absolute atomic E-state index is 12.9. The highest BCUT2D eigenvalue weighted by atomic mass is 35.5. The number of aromatic nitrogens is 2. The number of nitrogens with one attached hydrogen (secondary N) is 2. The number of thioether (sulfide) groups is 1. The molecule has 0 unspecified atom stereocenters. The number of carbonyl (C=O) groups is 1. The number of carbonyl (C=O) groups excluding carboxylic acids is 1. The van der Waals surface area contributed by atoms with Gasteiger partial charge in [-0.2, -0.15) is 13.2 Å². The zero-order chi connectivity index (χ0) is 22.6. The lowest BCUT2D eigenvalue weighted by atomic mass is 10.1. The number of nitrogens with zero attached hydrogens (tertiary/aromatic N) is 1. The first-order chi connectivity index (χ1) is 14.6. The Balaban J connectivity index is 1.65. The Morgan fingerprint density at radius 2 is 1.90 bits per heavy atom. The smallest absolute Gasteiger partial charge is 0.325 e. The van der Waals surface area contributed by atoms with Crippen LogP contribution >= 0.6 is 23.4 Å². The molecular formula is C21H17ClF3N3O2S. The minimum absolute atomic E-state index is 0.0295. The second-order valence-electron chi connectivity index (χ2n) is 6.63. The van der Waals surface area contributed by atoms with Crippen LogP contribution < -0.4 is 10.9 Å². The molecule has 5 nitrogen and oxygen atoms in total. The first-order valence-electron chi connectivity index (χ1n) is 9.06. The summed E-state index contributed by atoms with van der Waals surface area (Å²) in [6.07, 6.45) is -4.20. The number of benzene rings is 2. The van der Waals surface area contributed by atoms with Crippen LogP contribution in [0.1, 0.15) is 22.4 Å². The number of hydrogen-bond acceptors (Lipinski definition) is 4. The fraction of sp³-hybridized carbons (Fsp3) is 0.190. The van der Waals surface area contributed by atoms with Crippen LogP contribution in [0.25, 0.3) is 0 Å². The van der Waals surface area contributed by atoms with Crippen molar-refractivity contribution in [3.63, 3.8) is 0 Å². The second kappa shape index (κ2) is 9.57. The summed E-state index contributed by atoms with van der Waals surface area (Å²) < 4.78 is 38.8. The van der Waals surface area contributed by atoms with Gasteiger partial charge in [0.25, 0.3) is 5.56 Å². The Kier molecular flexibility index (Phi) is 7.07. The van der Waals surface area contributed by atoms with E-state index in [0.29, 0.717) is 17.7 Å². The molecule has 10 heteroatoms. The molecule has 0 aliphatic carbocycles. The number of alkyl halides is 3. The lowest BCUT2D eigenvalue weighted by Crippen LogP contribution is -2.19. The fourth-order valence-corrected chi connectivity index (χ4v) is 3.74. The third-order valence-electron chi connectivity index (χ3n) is 4.32. The van der Waals surface area contributed by atoms with Gasteiger partial charge in [0, 0.05) is 23.4 Å². The molecule has 2 aromatic carbocycles. The van der Waals surface area contributed by atoms with Gasteiger partial charge < -0.3 is 10.3 Å². The second-order valence-corrected chi connectivity index (χ2v) is 8.00. The van der Waals surface area contributed by atoms with E-state index in [1.165, 1.54) is 6.07 Å². The summed E-state index contributed by atoms with van der Waals surface area (Å²) in [4.78, 5) is 31.6. The van der Waals surface area contributed by atoms with E-state index in [2.05, 4.69) is 15.3 Å². The van der Waals surface area contributed by atoms with Crippen LogP contribution in [0, 0.1) is 6.92 Å². The van der Waals surface area contributed by atoms with Crippen molar-refractivity contribution < 1.29 is 18.0 Å². The van der Waals surface area contributed by atoms with Gasteiger partial charge in [0.15, 0.2) is 5.16 Å². The van der Waals surface area contributed by atoms with Crippen LogP contribution in [0.5, 0.6) is 0 Å². The largest absolute Gasteiger partial charge is 0.417 e. The third kappa shape index (κ3) is 6.11. The zero-order valence-corrected chi connectivity index (χ0v) is 17.8. The number of hydrogen-bond donors (Lipinski definition) is 2. The van der Waals surface area contributed by atoms with Crippen molar-refractivity contribution in [2.45, 2.75) is 24.7 Å². The van der Waals surface area contributed by atoms with Crippen molar-refractivity contribution in [2.24, 2.45) is 0 Å². The summed E-state index contributed by atoms with van der Waals surface area (Å²) in [6.45, 7) is 1.71. The quantitative estimate of drug-likeness (QED) is 0.392. The van der Waals surface area contributed by atoms with Crippen LogP contribution in [0.15, 0.2) is 58.5 Å². The van der Waals surface area contributed by atoms with Crippen molar-refractivity contribution in [3.05, 3.63) is 86.3 Å². The number of H-pyrrole nitrogens is 1. The Morgan fingerprint density at radius 3 is 2.55 bits per heavy atom. The van der Waals surface area contributed by atoms with E-state index in [1.54, 1.807) is 6.92 Å². The predicted molar refractivity (Wildman–Crippen MR) is 115 cm³/mol. The molecule has 0 aliphatic rings. The summed E-state index contributed by atoms with van der Waals surface area (Å²) >= 11 is 6.55. The van der Waals surface area contributed by atoms with Gasteiger partial charge in [-0.3, -0.25) is 9.59 Å². The summed E-state index contributed by atoms with van der Waals surface area (Å²) in [6, 6.07) is 12.6. The van der Waals surface area contributed by atoms with Crippen LogP contribution in [0.3, 0.4) is 0 Å². The molecule has 1 heterocycles. The molecule has 31 heavy (non-hydrogen) atoms. The molecule has 0 spiro atoms. The van der Waals surface area contributed by atoms with Crippen LogP contribution in [0.4, 0.5) is 18.9 Å². The molecular weight excluding hydrogens is 451 g/mol. The van der Waals surface area contributed by atoms with E-state index in [-0.39, 0.29) is 22.2 Å². The standard InChI is InChI=1S/C21H17ClF3N3O2S/c1-12-15(9-13-5-3-2-4-6-13)19(30)28-20(26-12)31-11-18(29)27-14-7-8-17(22)16(10-14)21(23,24)25/h2-8,10H,9,11H2,1H3,(H,27,29)(H,26,28,30). The molecule has 0 bridgehead atoms. The van der Waals surface area contributed by atoms with E-state index in [1.807, 2.05) is 30.3 Å². The summed E-state index contributed by atoms with van der Waals surface area (Å²) in [5, 5.41) is 2.19. The number of anilines is 1. The van der Waals surface area contributed by atoms with Gasteiger partial charge >= 0.3 is 6.18 Å². The number of aromatic amines is 1. The molecule has 0 radical (unpaired) electrons. The van der Waals surface area contributed by atoms with E-state index in [0.717, 1.165) is 29.5 Å². The highest BCUT2D eigenvalue weighted by Gasteiger charge is 2.33. The SMILES string of the molecule is Cc1nc(SCC(=O)Nc2ccc(Cl)c(C(F)(F)F)c2)[nH]c(=O)c1Cc1ccccc1. The highest BCUT2D eigenvalue weighted by molar-refractivity contribution is 7.99. The molecule has 2 N–H and O–H groups in total. The van der Waals surface area contributed by atoms with Crippen molar-refractivity contribution >= 4 is 35.0 Å². The van der Waals surface area contributed by atoms with E-state index in [4.69, 9.17) is 11.6 Å². The van der Waals surface area contributed by atoms with Gasteiger partial charge in [0.05, 0.1) is 16.3 Å². The average molecular weight is 468 g/mol. The van der Waals surface area contributed by atoms with Crippen LogP contribution in [-0.4, -0.2) is 21.6 Å². The fourth-order valence-electron chi connectivity index (χ4n) is 2.81. The molecule has 0 aliphatic heterocycles. The summed E-state index contributed by atoms with van der Waals surface area (Å²) in [5.41, 5.74) is 0.683. The van der Waals surface area contributed by atoms with Gasteiger partial charge in [-0.1, -0.05) is 53.7 Å². The van der Waals surface area contributed by atoms with E-state index in [9.17, 15) is 22.8 Å². The minimum atomic E-state index is -4.63. The topological polar surface area (TPSA) is 74.8 Å². The molecule has 0 saturated carbocycles. The molecule has 3 rings (SSSR count). The van der Waals surface area contributed by atoms with Crippen LogP contribution in [0.2, 0.25) is 5.02 Å². The Hall–Kier alpha value is -2.78. The van der Waals surface area contributed by atoms with Gasteiger partial charge in [-0.05, 0) is 30.7 Å². The number of amides is 1. The number of halogens is 4. The van der Waals surface area contributed by atoms with Crippen molar-refractivity contribution in [1.29, 1.82) is 0 Å².